The van der Waals surface area contributed by atoms with Gasteiger partial charge in [0.15, 0.2) is 9.84 Å². The number of nitrogens with zero attached hydrogens (tertiary/aromatic N) is 2. The zero-order valence-corrected chi connectivity index (χ0v) is 12.5. The highest BCUT2D eigenvalue weighted by molar-refractivity contribution is 7.90. The van der Waals surface area contributed by atoms with E-state index in [0.29, 0.717) is 23.0 Å². The van der Waals surface area contributed by atoms with Gasteiger partial charge in [-0.1, -0.05) is 19.1 Å². The molecular weight excluding hydrogens is 274 g/mol. The summed E-state index contributed by atoms with van der Waals surface area (Å²) in [6.45, 7) is 3.57. The van der Waals surface area contributed by atoms with Crippen LogP contribution >= 0.6 is 0 Å². The third-order valence-electron chi connectivity index (χ3n) is 2.99. The van der Waals surface area contributed by atoms with Crippen molar-refractivity contribution in [1.82, 2.24) is 9.78 Å². The first-order valence-electron chi connectivity index (χ1n) is 6.47. The van der Waals surface area contributed by atoms with Gasteiger partial charge in [0.05, 0.1) is 10.6 Å². The molecule has 1 aromatic heterocycles. The lowest BCUT2D eigenvalue weighted by atomic mass is 10.2. The number of anilines is 1. The van der Waals surface area contributed by atoms with Crippen LogP contribution in [0.3, 0.4) is 0 Å². The highest BCUT2D eigenvalue weighted by Crippen LogP contribution is 2.20. The summed E-state index contributed by atoms with van der Waals surface area (Å²) in [5.74, 6) is 0.336. The molecule has 0 radical (unpaired) electrons. The van der Waals surface area contributed by atoms with Crippen LogP contribution in [-0.2, 0) is 16.4 Å². The van der Waals surface area contributed by atoms with Crippen LogP contribution in [0.4, 0.5) is 5.69 Å². The van der Waals surface area contributed by atoms with E-state index in [2.05, 4.69) is 17.3 Å². The molecule has 1 N–H and O–H groups in total. The molecule has 6 heteroatoms. The van der Waals surface area contributed by atoms with Crippen molar-refractivity contribution in [2.24, 2.45) is 5.92 Å². The average Bonchev–Trinajstić information content (AvgIpc) is 2.88. The summed E-state index contributed by atoms with van der Waals surface area (Å²) in [5, 5.41) is 7.37. The van der Waals surface area contributed by atoms with E-state index in [1.54, 1.807) is 24.4 Å². The van der Waals surface area contributed by atoms with Gasteiger partial charge in [0, 0.05) is 31.7 Å². The van der Waals surface area contributed by atoms with Crippen molar-refractivity contribution < 1.29 is 8.42 Å². The van der Waals surface area contributed by atoms with Gasteiger partial charge in [0.25, 0.3) is 0 Å². The number of para-hydroxylation sites is 1. The van der Waals surface area contributed by atoms with Crippen LogP contribution in [0.15, 0.2) is 47.6 Å². The van der Waals surface area contributed by atoms with E-state index in [1.165, 1.54) is 6.26 Å². The summed E-state index contributed by atoms with van der Waals surface area (Å²) in [4.78, 5) is 0.339. The predicted octanol–water partition coefficient (Wildman–Crippen LogP) is 2.03. The van der Waals surface area contributed by atoms with Crippen molar-refractivity contribution in [3.05, 3.63) is 42.7 Å². The molecule has 0 bridgehead atoms. The molecule has 20 heavy (non-hydrogen) atoms. The number of hydrogen-bond acceptors (Lipinski definition) is 4. The molecule has 0 saturated carbocycles. The van der Waals surface area contributed by atoms with E-state index in [0.717, 1.165) is 6.54 Å². The Morgan fingerprint density at radius 1 is 1.30 bits per heavy atom. The Hall–Kier alpha value is -1.82. The number of rotatable bonds is 6. The fourth-order valence-electron chi connectivity index (χ4n) is 2.01. The van der Waals surface area contributed by atoms with Gasteiger partial charge in [-0.25, -0.2) is 8.42 Å². The fraction of sp³-hybridized carbons (Fsp3) is 0.357. The Balaban J connectivity index is 2.01. The van der Waals surface area contributed by atoms with E-state index in [1.807, 2.05) is 23.0 Å². The van der Waals surface area contributed by atoms with Gasteiger partial charge >= 0.3 is 0 Å². The van der Waals surface area contributed by atoms with Crippen LogP contribution in [0.5, 0.6) is 0 Å². The molecule has 2 aromatic rings. The van der Waals surface area contributed by atoms with Gasteiger partial charge in [-0.2, -0.15) is 5.10 Å². The van der Waals surface area contributed by atoms with Crippen LogP contribution in [-0.4, -0.2) is 31.0 Å². The third kappa shape index (κ3) is 3.84. The molecule has 0 aliphatic heterocycles. The van der Waals surface area contributed by atoms with Crippen LogP contribution in [0.1, 0.15) is 6.92 Å². The monoisotopic (exact) mass is 293 g/mol. The van der Waals surface area contributed by atoms with Crippen LogP contribution in [0.25, 0.3) is 0 Å². The highest BCUT2D eigenvalue weighted by atomic mass is 32.2. The molecular formula is C14H19N3O2S. The summed E-state index contributed by atoms with van der Waals surface area (Å²) in [6, 6.07) is 8.86. The predicted molar refractivity (Wildman–Crippen MR) is 79.4 cm³/mol. The molecule has 0 fully saturated rings. The lowest BCUT2D eigenvalue weighted by Gasteiger charge is -2.15. The Bertz CT molecular complexity index is 651. The van der Waals surface area contributed by atoms with Crippen molar-refractivity contribution >= 4 is 15.5 Å². The first kappa shape index (κ1) is 14.6. The minimum atomic E-state index is -3.21. The molecule has 0 aliphatic rings. The van der Waals surface area contributed by atoms with Crippen molar-refractivity contribution in [2.45, 2.75) is 18.4 Å². The number of hydrogen-bond donors (Lipinski definition) is 1. The number of nitrogens with one attached hydrogen (secondary N) is 1. The molecule has 1 aromatic carbocycles. The van der Waals surface area contributed by atoms with Crippen molar-refractivity contribution in [2.75, 3.05) is 18.1 Å². The van der Waals surface area contributed by atoms with Crippen molar-refractivity contribution in [1.29, 1.82) is 0 Å². The number of sulfone groups is 1. The zero-order chi connectivity index (χ0) is 14.6. The molecule has 2 rings (SSSR count). The van der Waals surface area contributed by atoms with Gasteiger partial charge < -0.3 is 5.32 Å². The molecule has 1 heterocycles. The summed E-state index contributed by atoms with van der Waals surface area (Å²) < 4.78 is 25.3. The summed E-state index contributed by atoms with van der Waals surface area (Å²) in [5.41, 5.74) is 0.655. The Morgan fingerprint density at radius 3 is 2.70 bits per heavy atom. The van der Waals surface area contributed by atoms with E-state index in [9.17, 15) is 8.42 Å². The Kier molecular flexibility index (Phi) is 4.44. The lowest BCUT2D eigenvalue weighted by molar-refractivity contribution is 0.467. The van der Waals surface area contributed by atoms with Gasteiger partial charge in [-0.05, 0) is 24.1 Å². The molecule has 108 valence electrons. The number of aromatic nitrogens is 2. The highest BCUT2D eigenvalue weighted by Gasteiger charge is 2.13. The molecule has 1 unspecified atom stereocenters. The van der Waals surface area contributed by atoms with Crippen molar-refractivity contribution in [3.63, 3.8) is 0 Å². The van der Waals surface area contributed by atoms with Gasteiger partial charge in [-0.15, -0.1) is 0 Å². The Morgan fingerprint density at radius 2 is 2.05 bits per heavy atom. The second kappa shape index (κ2) is 6.09. The molecule has 0 amide bonds. The second-order valence-electron chi connectivity index (χ2n) is 4.98. The summed E-state index contributed by atoms with van der Waals surface area (Å²) in [7, 11) is -3.21. The fourth-order valence-corrected chi connectivity index (χ4v) is 2.88. The minimum absolute atomic E-state index is 0.336. The average molecular weight is 293 g/mol. The first-order valence-corrected chi connectivity index (χ1v) is 8.36. The molecule has 5 nitrogen and oxygen atoms in total. The van der Waals surface area contributed by atoms with E-state index in [4.69, 9.17) is 0 Å². The van der Waals surface area contributed by atoms with E-state index >= 15 is 0 Å². The zero-order valence-electron chi connectivity index (χ0n) is 11.7. The van der Waals surface area contributed by atoms with Crippen LogP contribution < -0.4 is 5.32 Å². The van der Waals surface area contributed by atoms with Gasteiger partial charge in [0.1, 0.15) is 0 Å². The summed E-state index contributed by atoms with van der Waals surface area (Å²) >= 11 is 0. The quantitative estimate of drug-likeness (QED) is 0.885. The molecule has 0 aliphatic carbocycles. The maximum atomic E-state index is 11.7. The van der Waals surface area contributed by atoms with Gasteiger partial charge in [0.2, 0.25) is 0 Å². The SMILES string of the molecule is CC(CNc1ccccc1S(C)(=O)=O)Cn1cccn1. The lowest BCUT2D eigenvalue weighted by Crippen LogP contribution is -2.18. The summed E-state index contributed by atoms with van der Waals surface area (Å²) in [6.07, 6.45) is 4.89. The second-order valence-corrected chi connectivity index (χ2v) is 6.97. The largest absolute Gasteiger partial charge is 0.384 e. The number of benzene rings is 1. The topological polar surface area (TPSA) is 64.0 Å². The normalized spacial score (nSPS) is 13.1. The van der Waals surface area contributed by atoms with E-state index in [-0.39, 0.29) is 0 Å². The molecule has 0 saturated heterocycles. The maximum Gasteiger partial charge on any atom is 0.177 e. The maximum absolute atomic E-state index is 11.7. The van der Waals surface area contributed by atoms with E-state index < -0.39 is 9.84 Å². The van der Waals surface area contributed by atoms with Crippen molar-refractivity contribution in [3.8, 4) is 0 Å². The first-order chi connectivity index (χ1) is 9.47. The Labute approximate surface area is 119 Å². The van der Waals surface area contributed by atoms with Crippen LogP contribution in [0, 0.1) is 5.92 Å². The van der Waals surface area contributed by atoms with Crippen LogP contribution in [0.2, 0.25) is 0 Å². The third-order valence-corrected chi connectivity index (χ3v) is 4.14. The molecule has 0 spiro atoms. The molecule has 1 atom stereocenters. The standard InChI is InChI=1S/C14H19N3O2S/c1-12(11-17-9-5-8-16-17)10-15-13-6-3-4-7-14(13)20(2,18)19/h3-9,12,15H,10-11H2,1-2H3. The smallest absolute Gasteiger partial charge is 0.177 e. The minimum Gasteiger partial charge on any atom is -0.384 e. The van der Waals surface area contributed by atoms with Gasteiger partial charge in [-0.3, -0.25) is 4.68 Å².